The number of hydrogen-bond donors (Lipinski definition) is 0. The van der Waals surface area contributed by atoms with Gasteiger partial charge in [-0.3, -0.25) is 9.20 Å². The van der Waals surface area contributed by atoms with Gasteiger partial charge in [0.2, 0.25) is 0 Å². The topological polar surface area (TPSA) is 51.0 Å². The summed E-state index contributed by atoms with van der Waals surface area (Å²) in [6, 6.07) is 1.67. The monoisotopic (exact) mass is 388 g/mol. The first kappa shape index (κ1) is 20.4. The maximum absolute atomic E-state index is 15.2. The fraction of sp³-hybridized carbons (Fsp3) is 0.545. The highest BCUT2D eigenvalue weighted by molar-refractivity contribution is 5.90. The highest BCUT2D eigenvalue weighted by Gasteiger charge is 2.31. The number of rotatable bonds is 8. The molecule has 1 saturated carbocycles. The molecule has 2 aromatic heterocycles. The summed E-state index contributed by atoms with van der Waals surface area (Å²) in [5, 5.41) is 0. The van der Waals surface area contributed by atoms with E-state index in [-0.39, 0.29) is 12.2 Å². The van der Waals surface area contributed by atoms with Gasteiger partial charge in [0, 0.05) is 13.1 Å². The largest absolute Gasteiger partial charge is 0.462 e. The standard InChI is InChI=1S/C22H29FN2O3/c1-5-10-24(11-6-2)20-14(4)19-16(15-8-9-15)12-17(22(27)28-7-3)21(26)25(19)13-18(20)23/h12-13,15H,5-11H2,1-4H3. The Hall–Kier alpha value is -2.37. The predicted octanol–water partition coefficient (Wildman–Crippen LogP) is 4.43. The van der Waals surface area contributed by atoms with Gasteiger partial charge in [0.15, 0.2) is 5.82 Å². The fourth-order valence-corrected chi connectivity index (χ4v) is 3.97. The van der Waals surface area contributed by atoms with Crippen molar-refractivity contribution in [2.24, 2.45) is 0 Å². The molecule has 0 atom stereocenters. The van der Waals surface area contributed by atoms with Gasteiger partial charge in [0.05, 0.1) is 24.0 Å². The van der Waals surface area contributed by atoms with E-state index >= 15 is 4.39 Å². The number of aryl methyl sites for hydroxylation is 1. The third-order valence-electron chi connectivity index (χ3n) is 5.26. The molecule has 0 radical (unpaired) electrons. The molecule has 6 heteroatoms. The molecular formula is C22H29FN2O3. The minimum absolute atomic E-state index is 0.0215. The molecule has 0 aliphatic heterocycles. The zero-order chi connectivity index (χ0) is 20.4. The third-order valence-corrected chi connectivity index (χ3v) is 5.26. The van der Waals surface area contributed by atoms with Crippen LogP contribution in [0.4, 0.5) is 10.1 Å². The van der Waals surface area contributed by atoms with Crippen LogP contribution in [0.15, 0.2) is 17.1 Å². The lowest BCUT2D eigenvalue weighted by molar-refractivity contribution is 0.0524. The van der Waals surface area contributed by atoms with Crippen LogP contribution in [0.5, 0.6) is 0 Å². The summed E-state index contributed by atoms with van der Waals surface area (Å²) in [4.78, 5) is 27.3. The van der Waals surface area contributed by atoms with Crippen LogP contribution in [0.2, 0.25) is 0 Å². The minimum Gasteiger partial charge on any atom is -0.462 e. The molecular weight excluding hydrogens is 359 g/mol. The minimum atomic E-state index is -0.649. The first-order chi connectivity index (χ1) is 13.4. The van der Waals surface area contributed by atoms with Crippen LogP contribution in [0.1, 0.15) is 73.9 Å². The normalized spacial score (nSPS) is 13.8. The van der Waals surface area contributed by atoms with E-state index in [2.05, 4.69) is 18.7 Å². The second kappa shape index (κ2) is 8.33. The smallest absolute Gasteiger partial charge is 0.343 e. The number of ether oxygens (including phenoxy) is 1. The van der Waals surface area contributed by atoms with Crippen molar-refractivity contribution in [3.05, 3.63) is 45.1 Å². The van der Waals surface area contributed by atoms with E-state index in [4.69, 9.17) is 4.74 Å². The Morgan fingerprint density at radius 3 is 2.43 bits per heavy atom. The number of fused-ring (bicyclic) bond motifs is 1. The van der Waals surface area contributed by atoms with Gasteiger partial charge >= 0.3 is 5.97 Å². The van der Waals surface area contributed by atoms with Crippen molar-refractivity contribution >= 4 is 17.2 Å². The Bertz CT molecular complexity index is 941. The van der Waals surface area contributed by atoms with Crippen molar-refractivity contribution in [3.63, 3.8) is 0 Å². The van der Waals surface area contributed by atoms with E-state index in [1.54, 1.807) is 13.0 Å². The van der Waals surface area contributed by atoms with Crippen molar-refractivity contribution in [1.82, 2.24) is 4.40 Å². The number of anilines is 1. The van der Waals surface area contributed by atoms with Crippen molar-refractivity contribution in [2.75, 3.05) is 24.6 Å². The first-order valence-corrected chi connectivity index (χ1v) is 10.2. The van der Waals surface area contributed by atoms with E-state index in [1.807, 2.05) is 6.92 Å². The molecule has 0 bridgehead atoms. The highest BCUT2D eigenvalue weighted by atomic mass is 19.1. The summed E-state index contributed by atoms with van der Waals surface area (Å²) < 4.78 is 21.5. The molecule has 0 amide bonds. The van der Waals surface area contributed by atoms with E-state index in [1.165, 1.54) is 10.6 Å². The van der Waals surface area contributed by atoms with Crippen LogP contribution in [0, 0.1) is 12.7 Å². The van der Waals surface area contributed by atoms with Crippen LogP contribution < -0.4 is 10.5 Å². The quantitative estimate of drug-likeness (QED) is 0.628. The number of carbonyl (C=O) groups is 1. The Kier molecular flexibility index (Phi) is 6.06. The van der Waals surface area contributed by atoms with E-state index < -0.39 is 17.3 Å². The number of esters is 1. The zero-order valence-corrected chi connectivity index (χ0v) is 17.2. The molecule has 152 valence electrons. The van der Waals surface area contributed by atoms with E-state index in [0.29, 0.717) is 11.6 Å². The SMILES string of the molecule is CCCN(CCC)c1c(F)cn2c(=O)c(C(=O)OCC)cc(C3CC3)c2c1C. The Morgan fingerprint density at radius 1 is 1.25 bits per heavy atom. The van der Waals surface area contributed by atoms with Crippen LogP contribution in [-0.4, -0.2) is 30.1 Å². The van der Waals surface area contributed by atoms with Crippen LogP contribution in [0.25, 0.3) is 5.52 Å². The van der Waals surface area contributed by atoms with Crippen molar-refractivity contribution < 1.29 is 13.9 Å². The van der Waals surface area contributed by atoms with Crippen LogP contribution in [-0.2, 0) is 4.74 Å². The van der Waals surface area contributed by atoms with Crippen LogP contribution in [0.3, 0.4) is 0 Å². The Balaban J connectivity index is 2.30. The maximum Gasteiger partial charge on any atom is 0.343 e. The lowest BCUT2D eigenvalue weighted by Gasteiger charge is -2.27. The number of nitrogens with zero attached hydrogens (tertiary/aromatic N) is 2. The molecule has 3 rings (SSSR count). The summed E-state index contributed by atoms with van der Waals surface area (Å²) >= 11 is 0. The van der Waals surface area contributed by atoms with E-state index in [0.717, 1.165) is 55.4 Å². The molecule has 5 nitrogen and oxygen atoms in total. The Labute approximate surface area is 165 Å². The molecule has 2 heterocycles. The van der Waals surface area contributed by atoms with Gasteiger partial charge in [0.25, 0.3) is 5.56 Å². The molecule has 28 heavy (non-hydrogen) atoms. The molecule has 0 spiro atoms. The molecule has 2 aromatic rings. The van der Waals surface area contributed by atoms with Crippen molar-refractivity contribution in [1.29, 1.82) is 0 Å². The van der Waals surface area contributed by atoms with Gasteiger partial charge in [-0.25, -0.2) is 9.18 Å². The molecule has 1 fully saturated rings. The molecule has 1 aliphatic carbocycles. The number of halogens is 1. The molecule has 0 unspecified atom stereocenters. The van der Waals surface area contributed by atoms with Gasteiger partial charge < -0.3 is 9.64 Å². The second-order valence-electron chi connectivity index (χ2n) is 7.47. The number of hydrogen-bond acceptors (Lipinski definition) is 4. The molecule has 0 saturated heterocycles. The number of aromatic nitrogens is 1. The van der Waals surface area contributed by atoms with Gasteiger partial charge in [-0.05, 0) is 62.6 Å². The highest BCUT2D eigenvalue weighted by Crippen LogP contribution is 2.43. The van der Waals surface area contributed by atoms with Crippen molar-refractivity contribution in [3.8, 4) is 0 Å². The lowest BCUT2D eigenvalue weighted by Crippen LogP contribution is -2.29. The maximum atomic E-state index is 15.2. The average molecular weight is 388 g/mol. The third kappa shape index (κ3) is 3.64. The summed E-state index contributed by atoms with van der Waals surface area (Å²) in [5.41, 5.74) is 2.45. The van der Waals surface area contributed by atoms with E-state index in [9.17, 15) is 9.59 Å². The first-order valence-electron chi connectivity index (χ1n) is 10.2. The lowest BCUT2D eigenvalue weighted by atomic mass is 10.0. The summed E-state index contributed by atoms with van der Waals surface area (Å²) in [7, 11) is 0. The molecule has 0 N–H and O–H groups in total. The summed E-state index contributed by atoms with van der Waals surface area (Å²) in [5.74, 6) is -0.784. The predicted molar refractivity (Wildman–Crippen MR) is 109 cm³/mol. The number of carbonyl (C=O) groups excluding carboxylic acids is 1. The molecule has 0 aromatic carbocycles. The summed E-state index contributed by atoms with van der Waals surface area (Å²) in [6.07, 6.45) is 5.08. The van der Waals surface area contributed by atoms with Gasteiger partial charge in [-0.1, -0.05) is 13.8 Å². The number of pyridine rings is 2. The molecule has 1 aliphatic rings. The van der Waals surface area contributed by atoms with Gasteiger partial charge in [-0.2, -0.15) is 0 Å². The zero-order valence-electron chi connectivity index (χ0n) is 17.2. The average Bonchev–Trinajstić information content (AvgIpc) is 3.48. The van der Waals surface area contributed by atoms with Gasteiger partial charge in [-0.15, -0.1) is 0 Å². The Morgan fingerprint density at radius 2 is 1.89 bits per heavy atom. The summed E-state index contributed by atoms with van der Waals surface area (Å²) in [6.45, 7) is 9.42. The second-order valence-corrected chi connectivity index (χ2v) is 7.47. The van der Waals surface area contributed by atoms with Crippen LogP contribution >= 0.6 is 0 Å². The van der Waals surface area contributed by atoms with Crippen molar-refractivity contribution in [2.45, 2.75) is 59.3 Å². The van der Waals surface area contributed by atoms with Gasteiger partial charge in [0.1, 0.15) is 5.56 Å². The fourth-order valence-electron chi connectivity index (χ4n) is 3.97.